The van der Waals surface area contributed by atoms with Crippen LogP contribution in [0.3, 0.4) is 0 Å². The number of hydrogen-bond acceptors (Lipinski definition) is 3. The topological polar surface area (TPSA) is 26.7 Å². The summed E-state index contributed by atoms with van der Waals surface area (Å²) < 4.78 is 0. The van der Waals surface area contributed by atoms with Crippen LogP contribution in [0.4, 0.5) is 5.69 Å². The van der Waals surface area contributed by atoms with Crippen LogP contribution in [0.2, 0.25) is 0 Å². The molecule has 3 nitrogen and oxygen atoms in total. The fourth-order valence-electron chi connectivity index (χ4n) is 3.56. The molecule has 3 heteroatoms. The quantitative estimate of drug-likeness (QED) is 0.719. The van der Waals surface area contributed by atoms with Gasteiger partial charge < -0.3 is 10.0 Å². The maximum absolute atomic E-state index is 9.65. The molecule has 1 N–H and O–H groups in total. The van der Waals surface area contributed by atoms with E-state index in [0.717, 1.165) is 13.0 Å². The largest absolute Gasteiger partial charge is 0.508 e. The third-order valence-electron chi connectivity index (χ3n) is 4.31. The molecule has 2 aliphatic rings. The van der Waals surface area contributed by atoms with Gasteiger partial charge in [-0.3, -0.25) is 4.90 Å². The molecule has 0 saturated carbocycles. The Morgan fingerprint density at radius 2 is 2.12 bits per heavy atom. The Kier molecular flexibility index (Phi) is 1.82. The van der Waals surface area contributed by atoms with E-state index in [1.807, 2.05) is 12.1 Å². The van der Waals surface area contributed by atoms with E-state index in [1.54, 1.807) is 6.07 Å². The summed E-state index contributed by atoms with van der Waals surface area (Å²) in [6.07, 6.45) is 1.60. The molecule has 2 atom stereocenters. The third kappa shape index (κ3) is 1.02. The molecule has 0 aromatic heterocycles. The molecule has 0 bridgehead atoms. The number of likely N-dealkylation sites (N-methyl/N-ethyl adjacent to an activating group) is 2. The molecule has 0 amide bonds. The number of benzene rings is 1. The van der Waals surface area contributed by atoms with Crippen molar-refractivity contribution in [2.75, 3.05) is 25.5 Å². The van der Waals surface area contributed by atoms with Crippen molar-refractivity contribution < 1.29 is 5.11 Å². The highest BCUT2D eigenvalue weighted by atomic mass is 16.3. The zero-order valence-electron chi connectivity index (χ0n) is 10.1. The van der Waals surface area contributed by atoms with Crippen molar-refractivity contribution >= 4 is 5.69 Å². The highest BCUT2D eigenvalue weighted by Gasteiger charge is 2.52. The van der Waals surface area contributed by atoms with Gasteiger partial charge in [-0.2, -0.15) is 0 Å². The van der Waals surface area contributed by atoms with Gasteiger partial charge in [-0.1, -0.05) is 6.92 Å². The second kappa shape index (κ2) is 2.92. The maximum atomic E-state index is 9.65. The van der Waals surface area contributed by atoms with Crippen molar-refractivity contribution in [3.63, 3.8) is 0 Å². The summed E-state index contributed by atoms with van der Waals surface area (Å²) in [7, 11) is 4.33. The summed E-state index contributed by atoms with van der Waals surface area (Å²) in [5.41, 5.74) is 2.72. The molecule has 0 radical (unpaired) electrons. The molecule has 16 heavy (non-hydrogen) atoms. The van der Waals surface area contributed by atoms with Gasteiger partial charge in [-0.05, 0) is 37.2 Å². The number of aromatic hydroxyl groups is 1. The van der Waals surface area contributed by atoms with Crippen molar-refractivity contribution in [2.45, 2.75) is 24.9 Å². The van der Waals surface area contributed by atoms with Crippen LogP contribution in [0.5, 0.6) is 5.75 Å². The van der Waals surface area contributed by atoms with Crippen LogP contribution in [0.25, 0.3) is 0 Å². The SMILES string of the molecule is CN1CC[C@]2(C)c3cc(O)ccc3N(C)[C@H]12. The van der Waals surface area contributed by atoms with E-state index in [0.29, 0.717) is 11.9 Å². The number of nitrogens with zero attached hydrogens (tertiary/aromatic N) is 2. The van der Waals surface area contributed by atoms with Crippen LogP contribution in [-0.2, 0) is 5.41 Å². The highest BCUT2D eigenvalue weighted by Crippen LogP contribution is 2.51. The standard InChI is InChI=1S/C13H18N2O/c1-13-6-7-14(2)12(13)15(3)11-5-4-9(16)8-10(11)13/h4-5,8,12,16H,6-7H2,1-3H3/t12-,13+/m0/s1. The minimum Gasteiger partial charge on any atom is -0.508 e. The predicted octanol–water partition coefficient (Wildman–Crippen LogP) is 1.76. The summed E-state index contributed by atoms with van der Waals surface area (Å²) in [4.78, 5) is 4.73. The second-order valence-electron chi connectivity index (χ2n) is 5.33. The van der Waals surface area contributed by atoms with Gasteiger partial charge in [0.1, 0.15) is 5.75 Å². The number of phenolic OH excluding ortho intramolecular Hbond substituents is 1. The lowest BCUT2D eigenvalue weighted by Crippen LogP contribution is -2.45. The Morgan fingerprint density at radius 3 is 2.88 bits per heavy atom. The Hall–Kier alpha value is -1.22. The van der Waals surface area contributed by atoms with E-state index in [9.17, 15) is 5.11 Å². The van der Waals surface area contributed by atoms with Crippen LogP contribution < -0.4 is 4.90 Å². The summed E-state index contributed by atoms with van der Waals surface area (Å²) in [5.74, 6) is 0.378. The van der Waals surface area contributed by atoms with Crippen LogP contribution in [0, 0.1) is 0 Å². The molecule has 0 spiro atoms. The molecule has 1 saturated heterocycles. The number of rotatable bonds is 0. The Morgan fingerprint density at radius 1 is 1.38 bits per heavy atom. The monoisotopic (exact) mass is 218 g/mol. The first-order valence-corrected chi connectivity index (χ1v) is 5.80. The summed E-state index contributed by atoms with van der Waals surface area (Å²) in [6.45, 7) is 3.43. The normalized spacial score (nSPS) is 32.9. The molecule has 1 fully saturated rings. The average molecular weight is 218 g/mol. The molecule has 1 aromatic rings. The van der Waals surface area contributed by atoms with Gasteiger partial charge in [-0.25, -0.2) is 0 Å². The Bertz CT molecular complexity index is 446. The van der Waals surface area contributed by atoms with Crippen molar-refractivity contribution in [3.05, 3.63) is 23.8 Å². The van der Waals surface area contributed by atoms with Gasteiger partial charge in [-0.15, -0.1) is 0 Å². The number of anilines is 1. The summed E-state index contributed by atoms with van der Waals surface area (Å²) in [5, 5.41) is 9.65. The predicted molar refractivity (Wildman–Crippen MR) is 64.9 cm³/mol. The van der Waals surface area contributed by atoms with E-state index < -0.39 is 0 Å². The van der Waals surface area contributed by atoms with E-state index in [2.05, 4.69) is 30.8 Å². The first kappa shape index (κ1) is 9.97. The summed E-state index contributed by atoms with van der Waals surface area (Å²) >= 11 is 0. The fraction of sp³-hybridized carbons (Fsp3) is 0.538. The van der Waals surface area contributed by atoms with Crippen LogP contribution in [0.15, 0.2) is 18.2 Å². The van der Waals surface area contributed by atoms with Gasteiger partial charge in [0.05, 0.1) is 6.17 Å². The zero-order valence-corrected chi connectivity index (χ0v) is 10.1. The van der Waals surface area contributed by atoms with E-state index >= 15 is 0 Å². The first-order chi connectivity index (χ1) is 7.54. The van der Waals surface area contributed by atoms with Crippen molar-refractivity contribution in [3.8, 4) is 5.75 Å². The van der Waals surface area contributed by atoms with Gasteiger partial charge in [0.25, 0.3) is 0 Å². The van der Waals surface area contributed by atoms with E-state index in [1.165, 1.54) is 11.3 Å². The lowest BCUT2D eigenvalue weighted by molar-refractivity contribution is 0.268. The summed E-state index contributed by atoms with van der Waals surface area (Å²) in [6, 6.07) is 5.74. The second-order valence-corrected chi connectivity index (χ2v) is 5.33. The minimum atomic E-state index is 0.164. The molecule has 2 heterocycles. The highest BCUT2D eigenvalue weighted by molar-refractivity contribution is 5.65. The van der Waals surface area contributed by atoms with Crippen LogP contribution in [0.1, 0.15) is 18.9 Å². The molecule has 86 valence electrons. The molecular formula is C13H18N2O. The maximum Gasteiger partial charge on any atom is 0.116 e. The van der Waals surface area contributed by atoms with Crippen molar-refractivity contribution in [1.29, 1.82) is 0 Å². The first-order valence-electron chi connectivity index (χ1n) is 5.80. The molecule has 1 aromatic carbocycles. The Labute approximate surface area is 96.3 Å². The molecule has 0 aliphatic carbocycles. The third-order valence-corrected chi connectivity index (χ3v) is 4.31. The average Bonchev–Trinajstić information content (AvgIpc) is 2.65. The smallest absolute Gasteiger partial charge is 0.116 e. The minimum absolute atomic E-state index is 0.164. The van der Waals surface area contributed by atoms with Gasteiger partial charge in [0, 0.05) is 24.7 Å². The van der Waals surface area contributed by atoms with E-state index in [4.69, 9.17) is 0 Å². The van der Waals surface area contributed by atoms with Gasteiger partial charge in [0.15, 0.2) is 0 Å². The lowest BCUT2D eigenvalue weighted by atomic mass is 9.81. The fourth-order valence-corrected chi connectivity index (χ4v) is 3.56. The molecule has 2 aliphatic heterocycles. The van der Waals surface area contributed by atoms with Crippen molar-refractivity contribution in [2.24, 2.45) is 0 Å². The van der Waals surface area contributed by atoms with Crippen LogP contribution >= 0.6 is 0 Å². The lowest BCUT2D eigenvalue weighted by Gasteiger charge is -2.32. The molecule has 0 unspecified atom stereocenters. The van der Waals surface area contributed by atoms with Gasteiger partial charge in [0.2, 0.25) is 0 Å². The number of phenols is 1. The van der Waals surface area contributed by atoms with E-state index in [-0.39, 0.29) is 5.41 Å². The molecular weight excluding hydrogens is 200 g/mol. The molecule has 3 rings (SSSR count). The van der Waals surface area contributed by atoms with Crippen LogP contribution in [-0.4, -0.2) is 36.8 Å². The number of likely N-dealkylation sites (tertiary alicyclic amines) is 1. The number of hydrogen-bond donors (Lipinski definition) is 1. The zero-order chi connectivity index (χ0) is 11.5. The van der Waals surface area contributed by atoms with Crippen molar-refractivity contribution in [1.82, 2.24) is 4.90 Å². The Balaban J connectivity index is 2.20. The van der Waals surface area contributed by atoms with Gasteiger partial charge >= 0.3 is 0 Å². The number of fused-ring (bicyclic) bond motifs is 3.